The highest BCUT2D eigenvalue weighted by Gasteiger charge is 2.48. The van der Waals surface area contributed by atoms with Gasteiger partial charge in [-0.3, -0.25) is 4.79 Å². The Labute approximate surface area is 161 Å². The number of sulfonamides is 1. The van der Waals surface area contributed by atoms with E-state index in [9.17, 15) is 27.2 Å². The van der Waals surface area contributed by atoms with Crippen molar-refractivity contribution in [2.24, 2.45) is 5.14 Å². The minimum atomic E-state index is -3.63. The fraction of sp³-hybridized carbons (Fsp3) is 0.667. The summed E-state index contributed by atoms with van der Waals surface area (Å²) in [5, 5.41) is 8.15. The highest BCUT2D eigenvalue weighted by molar-refractivity contribution is 7.89. The van der Waals surface area contributed by atoms with Crippen LogP contribution in [0.4, 0.5) is 9.18 Å². The van der Waals surface area contributed by atoms with Gasteiger partial charge in [-0.25, -0.2) is 32.4 Å². The third-order valence-corrected chi connectivity index (χ3v) is 5.01. The number of nitrogens with two attached hydrogens (primary N) is 1. The van der Waals surface area contributed by atoms with Crippen molar-refractivity contribution in [3.8, 4) is 0 Å². The Kier molecular flexibility index (Phi) is 6.96. The summed E-state index contributed by atoms with van der Waals surface area (Å²) in [5.41, 5.74) is 0.534. The summed E-state index contributed by atoms with van der Waals surface area (Å²) >= 11 is 0. The minimum Gasteiger partial charge on any atom is -0.462 e. The summed E-state index contributed by atoms with van der Waals surface area (Å²) in [4.78, 5) is 42.4. The van der Waals surface area contributed by atoms with Gasteiger partial charge in [0.1, 0.15) is 6.04 Å². The first kappa shape index (κ1) is 22.0. The first-order valence-electron chi connectivity index (χ1n) is 8.59. The number of nitrogens with zero attached hydrogens (tertiary/aromatic N) is 2. The molecular weight excluding hydrogens is 399 g/mol. The number of rotatable bonds is 9. The Bertz CT molecular complexity index is 772. The number of carbonyl (C=O) groups excluding carboxylic acids is 3. The number of primary sulfonamides is 1. The molecule has 0 aromatic rings. The molecule has 28 heavy (non-hydrogen) atoms. The Balaban J connectivity index is 1.99. The van der Waals surface area contributed by atoms with Crippen LogP contribution in [0.2, 0.25) is 0 Å². The van der Waals surface area contributed by atoms with E-state index in [1.807, 2.05) is 0 Å². The topological polar surface area (TPSA) is 148 Å². The van der Waals surface area contributed by atoms with Crippen LogP contribution < -0.4 is 10.5 Å². The Hall–Kier alpha value is -2.25. The number of ether oxygens (including phenoxy) is 1. The van der Waals surface area contributed by atoms with Gasteiger partial charge in [0.2, 0.25) is 15.9 Å². The second-order valence-corrected chi connectivity index (χ2v) is 8.06. The third kappa shape index (κ3) is 5.17. The van der Waals surface area contributed by atoms with Crippen molar-refractivity contribution in [1.29, 1.82) is 0 Å². The Morgan fingerprint density at radius 2 is 2.14 bits per heavy atom. The van der Waals surface area contributed by atoms with Crippen LogP contribution in [-0.2, 0) is 29.2 Å². The molecule has 13 heteroatoms. The largest absolute Gasteiger partial charge is 0.462 e. The van der Waals surface area contributed by atoms with Gasteiger partial charge in [0.15, 0.2) is 0 Å². The van der Waals surface area contributed by atoms with Crippen molar-refractivity contribution in [3.63, 3.8) is 0 Å². The number of carbonyl (C=O) groups is 3. The molecule has 0 saturated carbocycles. The van der Waals surface area contributed by atoms with Crippen LogP contribution in [0.5, 0.6) is 0 Å². The molecule has 2 aliphatic heterocycles. The normalized spacial score (nSPS) is 22.7. The molecule has 2 bridgehead atoms. The Morgan fingerprint density at radius 3 is 2.75 bits per heavy atom. The number of hydrogen-bond donors (Lipinski definition) is 2. The van der Waals surface area contributed by atoms with E-state index >= 15 is 0 Å². The maximum absolute atomic E-state index is 13.9. The molecule has 0 radical (unpaired) electrons. The molecule has 0 aromatic heterocycles. The van der Waals surface area contributed by atoms with Crippen molar-refractivity contribution in [2.45, 2.75) is 38.7 Å². The molecular formula is C15H23FN4O7S. The number of halogens is 1. The quantitative estimate of drug-likeness (QED) is 0.275. The van der Waals surface area contributed by atoms with Gasteiger partial charge in [0.05, 0.1) is 24.9 Å². The SMILES string of the molecule is CCOC(=O)[C@H](F)ON1C(=O)N2CC1C=C(C)[C@H]2C(=O)NCCCS(N)(=O)=O. The van der Waals surface area contributed by atoms with E-state index in [4.69, 9.17) is 9.98 Å². The number of urea groups is 1. The van der Waals surface area contributed by atoms with Gasteiger partial charge in [-0.1, -0.05) is 6.08 Å². The second kappa shape index (κ2) is 8.84. The average molecular weight is 422 g/mol. The average Bonchev–Trinajstić information content (AvgIpc) is 2.83. The number of esters is 1. The van der Waals surface area contributed by atoms with Gasteiger partial charge in [-0.2, -0.15) is 5.06 Å². The van der Waals surface area contributed by atoms with Crippen LogP contribution in [0.3, 0.4) is 0 Å². The number of alkyl halides is 1. The number of amides is 3. The molecule has 1 fully saturated rings. The van der Waals surface area contributed by atoms with Crippen LogP contribution >= 0.6 is 0 Å². The van der Waals surface area contributed by atoms with Gasteiger partial charge in [-0.15, -0.1) is 0 Å². The second-order valence-electron chi connectivity index (χ2n) is 6.33. The van der Waals surface area contributed by atoms with Gasteiger partial charge in [0, 0.05) is 6.54 Å². The van der Waals surface area contributed by atoms with Crippen LogP contribution in [0, 0.1) is 0 Å². The summed E-state index contributed by atoms with van der Waals surface area (Å²) in [7, 11) is -3.63. The molecule has 158 valence electrons. The summed E-state index contributed by atoms with van der Waals surface area (Å²) in [6.45, 7) is 3.21. The molecule has 11 nitrogen and oxygen atoms in total. The predicted octanol–water partition coefficient (Wildman–Crippen LogP) is -0.994. The lowest BCUT2D eigenvalue weighted by Crippen LogP contribution is -2.50. The molecule has 2 heterocycles. The summed E-state index contributed by atoms with van der Waals surface area (Å²) in [6.07, 6.45) is -0.772. The zero-order valence-corrected chi connectivity index (χ0v) is 16.3. The zero-order valence-electron chi connectivity index (χ0n) is 15.5. The molecule has 3 atom stereocenters. The summed E-state index contributed by atoms with van der Waals surface area (Å²) in [6, 6.07) is -2.38. The zero-order chi connectivity index (χ0) is 21.1. The van der Waals surface area contributed by atoms with Crippen LogP contribution in [-0.4, -0.2) is 80.2 Å². The van der Waals surface area contributed by atoms with Crippen molar-refractivity contribution >= 4 is 27.9 Å². The van der Waals surface area contributed by atoms with E-state index in [0.717, 1.165) is 0 Å². The molecule has 2 aliphatic rings. The minimum absolute atomic E-state index is 0.0428. The summed E-state index contributed by atoms with van der Waals surface area (Å²) in [5.74, 6) is -2.05. The van der Waals surface area contributed by atoms with E-state index in [1.54, 1.807) is 13.0 Å². The van der Waals surface area contributed by atoms with E-state index in [1.165, 1.54) is 11.8 Å². The Morgan fingerprint density at radius 1 is 1.46 bits per heavy atom. The van der Waals surface area contributed by atoms with Gasteiger partial charge in [0.25, 0.3) is 0 Å². The molecule has 3 N–H and O–H groups in total. The first-order chi connectivity index (χ1) is 13.0. The third-order valence-electron chi connectivity index (χ3n) is 4.15. The number of nitrogens with one attached hydrogen (secondary N) is 1. The molecule has 0 aromatic carbocycles. The molecule has 3 amide bonds. The highest BCUT2D eigenvalue weighted by Crippen LogP contribution is 2.30. The molecule has 1 unspecified atom stereocenters. The fourth-order valence-corrected chi connectivity index (χ4v) is 3.55. The van der Waals surface area contributed by atoms with Crippen molar-refractivity contribution in [1.82, 2.24) is 15.3 Å². The number of hydroxylamine groups is 2. The molecule has 0 aliphatic carbocycles. The van der Waals surface area contributed by atoms with Crippen LogP contribution in [0.25, 0.3) is 0 Å². The van der Waals surface area contributed by atoms with Gasteiger partial charge >= 0.3 is 18.4 Å². The van der Waals surface area contributed by atoms with Gasteiger partial charge in [-0.05, 0) is 25.8 Å². The molecule has 1 saturated heterocycles. The van der Waals surface area contributed by atoms with E-state index in [0.29, 0.717) is 10.6 Å². The standard InChI is InChI=1S/C15H23FN4O7S/c1-3-26-14(22)12(16)27-20-10-7-9(2)11(19(8-10)15(20)23)13(21)18-5-4-6-28(17,24)25/h7,10-12H,3-6,8H2,1-2H3,(H,18,21)(H2,17,24,25)/t10?,11-,12+/m0/s1. The van der Waals surface area contributed by atoms with Crippen LogP contribution in [0.1, 0.15) is 20.3 Å². The lowest BCUT2D eigenvalue weighted by molar-refractivity contribution is -0.223. The van der Waals surface area contributed by atoms with Gasteiger partial charge < -0.3 is 15.0 Å². The highest BCUT2D eigenvalue weighted by atomic mass is 32.2. The monoisotopic (exact) mass is 422 g/mol. The molecule has 2 rings (SSSR count). The maximum Gasteiger partial charge on any atom is 0.370 e. The van der Waals surface area contributed by atoms with Crippen molar-refractivity contribution < 1.29 is 36.8 Å². The lowest BCUT2D eigenvalue weighted by atomic mass is 10.00. The van der Waals surface area contributed by atoms with E-state index in [-0.39, 0.29) is 31.9 Å². The van der Waals surface area contributed by atoms with Crippen molar-refractivity contribution in [2.75, 3.05) is 25.4 Å². The summed E-state index contributed by atoms with van der Waals surface area (Å²) < 4.78 is 40.2. The van der Waals surface area contributed by atoms with E-state index < -0.39 is 46.4 Å². The smallest absolute Gasteiger partial charge is 0.370 e. The number of fused-ring (bicyclic) bond motifs is 2. The van der Waals surface area contributed by atoms with E-state index in [2.05, 4.69) is 10.1 Å². The fourth-order valence-electron chi connectivity index (χ4n) is 3.00. The number of hydrogen-bond acceptors (Lipinski definition) is 7. The van der Waals surface area contributed by atoms with Crippen molar-refractivity contribution in [3.05, 3.63) is 11.6 Å². The lowest BCUT2D eigenvalue weighted by Gasteiger charge is -2.29. The predicted molar refractivity (Wildman–Crippen MR) is 93.5 cm³/mol. The molecule has 0 spiro atoms. The maximum atomic E-state index is 13.9. The first-order valence-corrected chi connectivity index (χ1v) is 10.3. The van der Waals surface area contributed by atoms with Crippen LogP contribution in [0.15, 0.2) is 11.6 Å².